The minimum atomic E-state index is 0.799. The maximum atomic E-state index is 6.11. The lowest BCUT2D eigenvalue weighted by Gasteiger charge is -2.22. The van der Waals surface area contributed by atoms with E-state index in [2.05, 4.69) is 9.89 Å². The first-order valence-corrected chi connectivity index (χ1v) is 7.91. The molecule has 1 heterocycles. The number of nitrogens with zero attached hydrogens (tertiary/aromatic N) is 2. The second-order valence-corrected chi connectivity index (χ2v) is 5.93. The van der Waals surface area contributed by atoms with Crippen LogP contribution in [0.25, 0.3) is 0 Å². The lowest BCUT2D eigenvalue weighted by Crippen LogP contribution is -2.38. The Labute approximate surface area is 112 Å². The first-order valence-electron chi connectivity index (χ1n) is 7.91. The Morgan fingerprint density at radius 1 is 0.944 bits per heavy atom. The Bertz CT molecular complexity index is 248. The summed E-state index contributed by atoms with van der Waals surface area (Å²) in [6, 6.07) is 0. The van der Waals surface area contributed by atoms with Crippen molar-refractivity contribution in [3.05, 3.63) is 0 Å². The van der Waals surface area contributed by atoms with E-state index in [1.54, 1.807) is 0 Å². The molecule has 2 N–H and O–H groups in total. The van der Waals surface area contributed by atoms with Crippen molar-refractivity contribution in [3.63, 3.8) is 0 Å². The molecule has 0 radical (unpaired) electrons. The Morgan fingerprint density at radius 2 is 1.56 bits per heavy atom. The summed E-state index contributed by atoms with van der Waals surface area (Å²) < 4.78 is 0. The quantitative estimate of drug-likeness (QED) is 0.618. The van der Waals surface area contributed by atoms with Gasteiger partial charge in [-0.25, -0.2) is 0 Å². The average Bonchev–Trinajstić information content (AvgIpc) is 2.69. The van der Waals surface area contributed by atoms with Crippen molar-refractivity contribution in [1.82, 2.24) is 4.90 Å². The third kappa shape index (κ3) is 4.51. The molecule has 0 bridgehead atoms. The number of rotatable bonds is 3. The van der Waals surface area contributed by atoms with Gasteiger partial charge in [0.25, 0.3) is 0 Å². The predicted molar refractivity (Wildman–Crippen MR) is 77.7 cm³/mol. The minimum absolute atomic E-state index is 0.799. The molecule has 1 saturated carbocycles. The highest BCUT2D eigenvalue weighted by Crippen LogP contribution is 2.26. The zero-order valence-corrected chi connectivity index (χ0v) is 11.7. The highest BCUT2D eigenvalue weighted by molar-refractivity contribution is 5.78. The van der Waals surface area contributed by atoms with Crippen LogP contribution in [0.3, 0.4) is 0 Å². The molecule has 3 nitrogen and oxygen atoms in total. The molecular formula is C15H29N3. The van der Waals surface area contributed by atoms with Crippen molar-refractivity contribution in [3.8, 4) is 0 Å². The van der Waals surface area contributed by atoms with Crippen LogP contribution in [0.4, 0.5) is 0 Å². The lowest BCUT2D eigenvalue weighted by molar-refractivity contribution is 0.342. The average molecular weight is 251 g/mol. The van der Waals surface area contributed by atoms with E-state index < -0.39 is 0 Å². The van der Waals surface area contributed by atoms with E-state index in [0.717, 1.165) is 31.5 Å². The van der Waals surface area contributed by atoms with Gasteiger partial charge in [-0.05, 0) is 25.2 Å². The molecule has 2 rings (SSSR count). The number of guanidine groups is 1. The lowest BCUT2D eigenvalue weighted by atomic mass is 9.87. The van der Waals surface area contributed by atoms with Gasteiger partial charge in [0.15, 0.2) is 5.96 Å². The molecule has 0 aromatic heterocycles. The monoisotopic (exact) mass is 251 g/mol. The van der Waals surface area contributed by atoms with Crippen LogP contribution in [0.1, 0.15) is 64.2 Å². The Morgan fingerprint density at radius 3 is 2.22 bits per heavy atom. The molecule has 0 aromatic rings. The van der Waals surface area contributed by atoms with Crippen molar-refractivity contribution >= 4 is 5.96 Å². The van der Waals surface area contributed by atoms with E-state index in [9.17, 15) is 0 Å². The molecule has 2 aliphatic rings. The topological polar surface area (TPSA) is 41.6 Å². The van der Waals surface area contributed by atoms with Gasteiger partial charge in [0.2, 0.25) is 0 Å². The smallest absolute Gasteiger partial charge is 0.191 e. The summed E-state index contributed by atoms with van der Waals surface area (Å²) in [7, 11) is 0. The van der Waals surface area contributed by atoms with Gasteiger partial charge in [0.05, 0.1) is 0 Å². The fourth-order valence-electron chi connectivity index (χ4n) is 3.24. The van der Waals surface area contributed by atoms with E-state index in [1.807, 2.05) is 0 Å². The maximum Gasteiger partial charge on any atom is 0.191 e. The fraction of sp³-hybridized carbons (Fsp3) is 0.933. The SMILES string of the molecule is NC(=NCCC1CCCCC1)N1CCCCCC1. The molecule has 0 amide bonds. The number of aliphatic imine (C=N–C) groups is 1. The summed E-state index contributed by atoms with van der Waals surface area (Å²) in [5, 5.41) is 0. The third-order valence-corrected chi connectivity index (χ3v) is 4.47. The highest BCUT2D eigenvalue weighted by Gasteiger charge is 2.13. The second kappa shape index (κ2) is 7.65. The standard InChI is InChI=1S/C15H29N3/c16-15(18-12-6-1-2-7-13-18)17-11-10-14-8-4-3-5-9-14/h14H,1-13H2,(H2,16,17). The van der Waals surface area contributed by atoms with Crippen molar-refractivity contribution < 1.29 is 0 Å². The molecule has 2 fully saturated rings. The minimum Gasteiger partial charge on any atom is -0.370 e. The summed E-state index contributed by atoms with van der Waals surface area (Å²) in [6.07, 6.45) is 13.6. The van der Waals surface area contributed by atoms with Gasteiger partial charge in [-0.1, -0.05) is 44.9 Å². The molecule has 18 heavy (non-hydrogen) atoms. The first kappa shape index (κ1) is 13.7. The van der Waals surface area contributed by atoms with E-state index in [1.165, 1.54) is 64.2 Å². The van der Waals surface area contributed by atoms with Crippen LogP contribution in [-0.4, -0.2) is 30.5 Å². The number of hydrogen-bond acceptors (Lipinski definition) is 1. The van der Waals surface area contributed by atoms with E-state index in [0.29, 0.717) is 0 Å². The normalized spacial score (nSPS) is 24.0. The zero-order valence-electron chi connectivity index (χ0n) is 11.7. The highest BCUT2D eigenvalue weighted by atomic mass is 15.2. The maximum absolute atomic E-state index is 6.11. The summed E-state index contributed by atoms with van der Waals surface area (Å²) in [5.41, 5.74) is 6.11. The van der Waals surface area contributed by atoms with Crippen LogP contribution in [0.5, 0.6) is 0 Å². The molecule has 0 aromatic carbocycles. The summed E-state index contributed by atoms with van der Waals surface area (Å²) >= 11 is 0. The summed E-state index contributed by atoms with van der Waals surface area (Å²) in [6.45, 7) is 3.16. The molecule has 0 spiro atoms. The van der Waals surface area contributed by atoms with Gasteiger partial charge in [0.1, 0.15) is 0 Å². The summed E-state index contributed by atoms with van der Waals surface area (Å²) in [4.78, 5) is 6.89. The van der Waals surface area contributed by atoms with Crippen LogP contribution >= 0.6 is 0 Å². The molecule has 1 aliphatic heterocycles. The molecule has 3 heteroatoms. The fourth-order valence-corrected chi connectivity index (χ4v) is 3.24. The van der Waals surface area contributed by atoms with Crippen LogP contribution < -0.4 is 5.73 Å². The molecule has 0 unspecified atom stereocenters. The molecule has 1 saturated heterocycles. The van der Waals surface area contributed by atoms with Gasteiger partial charge in [0, 0.05) is 19.6 Å². The number of nitrogens with two attached hydrogens (primary N) is 1. The molecule has 104 valence electrons. The van der Waals surface area contributed by atoms with E-state index in [-0.39, 0.29) is 0 Å². The predicted octanol–water partition coefficient (Wildman–Crippen LogP) is 3.15. The van der Waals surface area contributed by atoms with E-state index in [4.69, 9.17) is 5.73 Å². The van der Waals surface area contributed by atoms with Gasteiger partial charge in [-0.15, -0.1) is 0 Å². The Hall–Kier alpha value is -0.730. The van der Waals surface area contributed by atoms with Crippen molar-refractivity contribution in [1.29, 1.82) is 0 Å². The van der Waals surface area contributed by atoms with Crippen LogP contribution in [-0.2, 0) is 0 Å². The second-order valence-electron chi connectivity index (χ2n) is 5.93. The number of likely N-dealkylation sites (tertiary alicyclic amines) is 1. The molecular weight excluding hydrogens is 222 g/mol. The van der Waals surface area contributed by atoms with Crippen molar-refractivity contribution in [2.75, 3.05) is 19.6 Å². The van der Waals surface area contributed by atoms with Gasteiger partial charge < -0.3 is 10.6 Å². The Kier molecular flexibility index (Phi) is 5.82. The van der Waals surface area contributed by atoms with Gasteiger partial charge in [-0.2, -0.15) is 0 Å². The van der Waals surface area contributed by atoms with E-state index >= 15 is 0 Å². The molecule has 0 atom stereocenters. The van der Waals surface area contributed by atoms with Crippen LogP contribution in [0.15, 0.2) is 4.99 Å². The third-order valence-electron chi connectivity index (χ3n) is 4.47. The zero-order chi connectivity index (χ0) is 12.6. The largest absolute Gasteiger partial charge is 0.370 e. The van der Waals surface area contributed by atoms with Crippen LogP contribution in [0, 0.1) is 5.92 Å². The summed E-state index contributed by atoms with van der Waals surface area (Å²) in [5.74, 6) is 1.71. The van der Waals surface area contributed by atoms with Crippen molar-refractivity contribution in [2.45, 2.75) is 64.2 Å². The van der Waals surface area contributed by atoms with Crippen LogP contribution in [0.2, 0.25) is 0 Å². The van der Waals surface area contributed by atoms with Gasteiger partial charge >= 0.3 is 0 Å². The van der Waals surface area contributed by atoms with Crippen molar-refractivity contribution in [2.24, 2.45) is 16.6 Å². The Balaban J connectivity index is 1.69. The number of hydrogen-bond donors (Lipinski definition) is 1. The first-order chi connectivity index (χ1) is 8.86. The van der Waals surface area contributed by atoms with Gasteiger partial charge in [-0.3, -0.25) is 4.99 Å². The molecule has 1 aliphatic carbocycles.